The predicted molar refractivity (Wildman–Crippen MR) is 88.3 cm³/mol. The average Bonchev–Trinajstić information content (AvgIpc) is 2.59. The van der Waals surface area contributed by atoms with Gasteiger partial charge in [-0.15, -0.1) is 0 Å². The van der Waals surface area contributed by atoms with Gasteiger partial charge in [0.2, 0.25) is 0 Å². The Morgan fingerprint density at radius 3 is 2.43 bits per heavy atom. The molecule has 0 saturated heterocycles. The van der Waals surface area contributed by atoms with Crippen molar-refractivity contribution in [3.8, 4) is 17.1 Å². The Morgan fingerprint density at radius 2 is 1.78 bits per heavy atom. The zero-order valence-electron chi connectivity index (χ0n) is 13.7. The van der Waals surface area contributed by atoms with Crippen LogP contribution in [0.25, 0.3) is 11.4 Å². The van der Waals surface area contributed by atoms with E-state index in [0.29, 0.717) is 25.5 Å². The van der Waals surface area contributed by atoms with E-state index in [1.165, 1.54) is 0 Å². The molecule has 124 valence electrons. The topological polar surface area (TPSA) is 44.2 Å². The van der Waals surface area contributed by atoms with Crippen molar-refractivity contribution < 1.29 is 13.9 Å². The van der Waals surface area contributed by atoms with Crippen LogP contribution in [0.5, 0.6) is 5.75 Å². The number of ether oxygens (including phenoxy) is 2. The number of rotatable bonds is 9. The summed E-state index contributed by atoms with van der Waals surface area (Å²) in [5.74, 6) is 1.49. The molecule has 0 aliphatic rings. The molecule has 0 bridgehead atoms. The van der Waals surface area contributed by atoms with Gasteiger partial charge in [-0.05, 0) is 43.2 Å². The van der Waals surface area contributed by atoms with E-state index in [1.807, 2.05) is 38.1 Å². The molecule has 0 aliphatic carbocycles. The van der Waals surface area contributed by atoms with Crippen molar-refractivity contribution in [2.45, 2.75) is 32.9 Å². The molecule has 1 atom stereocenters. The SMILES string of the molecule is CC[C@@H](F)COCCCOc1ccc(-c2ncc(C)cn2)cc1. The molecule has 1 heterocycles. The fraction of sp³-hybridized carbons (Fsp3) is 0.444. The van der Waals surface area contributed by atoms with E-state index in [2.05, 4.69) is 9.97 Å². The zero-order chi connectivity index (χ0) is 16.5. The van der Waals surface area contributed by atoms with E-state index in [1.54, 1.807) is 12.4 Å². The fourth-order valence-corrected chi connectivity index (χ4v) is 1.92. The third kappa shape index (κ3) is 5.94. The Labute approximate surface area is 136 Å². The van der Waals surface area contributed by atoms with E-state index >= 15 is 0 Å². The molecule has 1 aromatic heterocycles. The number of halogens is 1. The van der Waals surface area contributed by atoms with E-state index < -0.39 is 6.17 Å². The lowest BCUT2D eigenvalue weighted by Gasteiger charge is -2.09. The molecule has 0 aliphatic heterocycles. The van der Waals surface area contributed by atoms with Crippen molar-refractivity contribution >= 4 is 0 Å². The number of hydrogen-bond acceptors (Lipinski definition) is 4. The minimum absolute atomic E-state index is 0.168. The van der Waals surface area contributed by atoms with Gasteiger partial charge in [-0.3, -0.25) is 0 Å². The summed E-state index contributed by atoms with van der Waals surface area (Å²) in [5.41, 5.74) is 1.99. The molecule has 0 fully saturated rings. The number of aryl methyl sites for hydroxylation is 1. The van der Waals surface area contributed by atoms with Gasteiger partial charge in [0.1, 0.15) is 11.9 Å². The Kier molecular flexibility index (Phi) is 6.94. The fourth-order valence-electron chi connectivity index (χ4n) is 1.92. The monoisotopic (exact) mass is 318 g/mol. The Hall–Kier alpha value is -2.01. The molecule has 0 unspecified atom stereocenters. The van der Waals surface area contributed by atoms with Gasteiger partial charge in [0.25, 0.3) is 0 Å². The summed E-state index contributed by atoms with van der Waals surface area (Å²) in [5, 5.41) is 0. The van der Waals surface area contributed by atoms with Crippen LogP contribution in [-0.4, -0.2) is 36.0 Å². The molecule has 5 heteroatoms. The lowest BCUT2D eigenvalue weighted by Crippen LogP contribution is -2.11. The van der Waals surface area contributed by atoms with Gasteiger partial charge < -0.3 is 9.47 Å². The molecule has 4 nitrogen and oxygen atoms in total. The third-order valence-electron chi connectivity index (χ3n) is 3.34. The first-order chi connectivity index (χ1) is 11.2. The normalized spacial score (nSPS) is 12.1. The Morgan fingerprint density at radius 1 is 1.09 bits per heavy atom. The summed E-state index contributed by atoms with van der Waals surface area (Å²) in [4.78, 5) is 8.59. The summed E-state index contributed by atoms with van der Waals surface area (Å²) < 4.78 is 23.8. The lowest BCUT2D eigenvalue weighted by atomic mass is 10.2. The highest BCUT2D eigenvalue weighted by Gasteiger charge is 2.03. The van der Waals surface area contributed by atoms with Gasteiger partial charge in [0.15, 0.2) is 5.82 Å². The standard InChI is InChI=1S/C18H23FN2O2/c1-3-16(19)13-22-9-4-10-23-17-7-5-15(6-8-17)18-20-11-14(2)12-21-18/h5-8,11-12,16H,3-4,9-10,13H2,1-2H3/t16-/m1/s1. The van der Waals surface area contributed by atoms with Crippen molar-refractivity contribution in [3.63, 3.8) is 0 Å². The molecule has 0 radical (unpaired) electrons. The van der Waals surface area contributed by atoms with Crippen LogP contribution in [0.3, 0.4) is 0 Å². The molecular formula is C18H23FN2O2. The number of alkyl halides is 1. The molecule has 1 aromatic carbocycles. The molecule has 0 spiro atoms. The predicted octanol–water partition coefficient (Wildman–Crippen LogP) is 3.99. The number of aromatic nitrogens is 2. The van der Waals surface area contributed by atoms with E-state index in [4.69, 9.17) is 9.47 Å². The van der Waals surface area contributed by atoms with Crippen LogP contribution in [0.2, 0.25) is 0 Å². The van der Waals surface area contributed by atoms with E-state index in [-0.39, 0.29) is 6.61 Å². The van der Waals surface area contributed by atoms with Crippen molar-refractivity contribution in [2.75, 3.05) is 19.8 Å². The second-order valence-corrected chi connectivity index (χ2v) is 5.39. The first kappa shape index (κ1) is 17.3. The van der Waals surface area contributed by atoms with Gasteiger partial charge >= 0.3 is 0 Å². The minimum atomic E-state index is -0.868. The number of benzene rings is 1. The van der Waals surface area contributed by atoms with Crippen molar-refractivity contribution in [1.82, 2.24) is 9.97 Å². The molecular weight excluding hydrogens is 295 g/mol. The van der Waals surface area contributed by atoms with Crippen LogP contribution in [0.1, 0.15) is 25.3 Å². The maximum absolute atomic E-state index is 12.9. The van der Waals surface area contributed by atoms with Gasteiger partial charge in [-0.25, -0.2) is 14.4 Å². The summed E-state index contributed by atoms with van der Waals surface area (Å²) in [6.07, 6.45) is 3.96. The van der Waals surface area contributed by atoms with Gasteiger partial charge in [0.05, 0.1) is 13.2 Å². The lowest BCUT2D eigenvalue weighted by molar-refractivity contribution is 0.0712. The summed E-state index contributed by atoms with van der Waals surface area (Å²) in [6, 6.07) is 7.67. The Bertz CT molecular complexity index is 573. The zero-order valence-corrected chi connectivity index (χ0v) is 13.7. The molecule has 23 heavy (non-hydrogen) atoms. The van der Waals surface area contributed by atoms with E-state index in [9.17, 15) is 4.39 Å². The van der Waals surface area contributed by atoms with Crippen LogP contribution in [0.15, 0.2) is 36.7 Å². The van der Waals surface area contributed by atoms with Crippen molar-refractivity contribution in [3.05, 3.63) is 42.2 Å². The van der Waals surface area contributed by atoms with Gasteiger partial charge in [0, 0.05) is 31.0 Å². The second-order valence-electron chi connectivity index (χ2n) is 5.39. The summed E-state index contributed by atoms with van der Waals surface area (Å²) >= 11 is 0. The second kappa shape index (κ2) is 9.20. The van der Waals surface area contributed by atoms with Crippen LogP contribution >= 0.6 is 0 Å². The number of hydrogen-bond donors (Lipinski definition) is 0. The first-order valence-electron chi connectivity index (χ1n) is 7.92. The summed E-state index contributed by atoms with van der Waals surface area (Å²) in [6.45, 7) is 4.99. The molecule has 2 aromatic rings. The largest absolute Gasteiger partial charge is 0.494 e. The number of nitrogens with zero attached hydrogens (tertiary/aromatic N) is 2. The maximum atomic E-state index is 12.9. The van der Waals surface area contributed by atoms with Crippen molar-refractivity contribution in [1.29, 1.82) is 0 Å². The smallest absolute Gasteiger partial charge is 0.159 e. The molecule has 0 N–H and O–H groups in total. The average molecular weight is 318 g/mol. The third-order valence-corrected chi connectivity index (χ3v) is 3.34. The van der Waals surface area contributed by atoms with Gasteiger partial charge in [-0.1, -0.05) is 6.92 Å². The quantitative estimate of drug-likeness (QED) is 0.656. The van der Waals surface area contributed by atoms with Crippen LogP contribution in [0.4, 0.5) is 4.39 Å². The molecule has 0 amide bonds. The van der Waals surface area contributed by atoms with E-state index in [0.717, 1.165) is 23.3 Å². The van der Waals surface area contributed by atoms with Crippen LogP contribution in [-0.2, 0) is 4.74 Å². The van der Waals surface area contributed by atoms with Crippen LogP contribution in [0, 0.1) is 6.92 Å². The minimum Gasteiger partial charge on any atom is -0.494 e. The highest BCUT2D eigenvalue weighted by Crippen LogP contribution is 2.19. The van der Waals surface area contributed by atoms with Crippen LogP contribution < -0.4 is 4.74 Å². The Balaban J connectivity index is 1.72. The van der Waals surface area contributed by atoms with Gasteiger partial charge in [-0.2, -0.15) is 0 Å². The highest BCUT2D eigenvalue weighted by atomic mass is 19.1. The molecule has 0 saturated carbocycles. The molecule has 2 rings (SSSR count). The highest BCUT2D eigenvalue weighted by molar-refractivity contribution is 5.55. The van der Waals surface area contributed by atoms with Crippen molar-refractivity contribution in [2.24, 2.45) is 0 Å². The first-order valence-corrected chi connectivity index (χ1v) is 7.92. The summed E-state index contributed by atoms with van der Waals surface area (Å²) in [7, 11) is 0. The maximum Gasteiger partial charge on any atom is 0.159 e.